The summed E-state index contributed by atoms with van der Waals surface area (Å²) in [5.41, 5.74) is 1.45. The Morgan fingerprint density at radius 1 is 1.18 bits per heavy atom. The number of nitrogens with zero attached hydrogens (tertiary/aromatic N) is 3. The summed E-state index contributed by atoms with van der Waals surface area (Å²) < 4.78 is 18.1. The van der Waals surface area contributed by atoms with E-state index in [4.69, 9.17) is 9.72 Å². The number of benzene rings is 1. The van der Waals surface area contributed by atoms with Crippen molar-refractivity contribution in [3.8, 4) is 11.3 Å². The molecule has 4 rings (SSSR count). The van der Waals surface area contributed by atoms with Crippen LogP contribution in [0.2, 0.25) is 0 Å². The number of carbonyl (C=O) groups excluding carboxylic acids is 1. The van der Waals surface area contributed by atoms with Crippen LogP contribution in [0, 0.1) is 0 Å². The first-order chi connectivity index (χ1) is 15.6. The molecule has 33 heavy (non-hydrogen) atoms. The Kier molecular flexibility index (Phi) is 7.17. The third-order valence-corrected chi connectivity index (χ3v) is 4.94. The van der Waals surface area contributed by atoms with Crippen LogP contribution in [-0.2, 0) is 4.74 Å². The summed E-state index contributed by atoms with van der Waals surface area (Å²) in [6.07, 6.45) is 1.04. The van der Waals surface area contributed by atoms with Gasteiger partial charge in [-0.25, -0.2) is 19.2 Å². The molecular weight excluding hydrogens is 423 g/mol. The zero-order valence-electron chi connectivity index (χ0n) is 19.7. The molecule has 2 N–H and O–H groups in total. The molecule has 0 radical (unpaired) electrons. The molecule has 7 nitrogen and oxygen atoms in total. The van der Waals surface area contributed by atoms with Gasteiger partial charge in [0.15, 0.2) is 0 Å². The average Bonchev–Trinajstić information content (AvgIpc) is 2.76. The third-order valence-electron chi connectivity index (χ3n) is 4.94. The molecular formula is C25H31FN4O3. The van der Waals surface area contributed by atoms with E-state index in [0.29, 0.717) is 5.82 Å². The zero-order valence-corrected chi connectivity index (χ0v) is 19.7. The Labute approximate surface area is 193 Å². The van der Waals surface area contributed by atoms with E-state index in [1.165, 1.54) is 0 Å². The smallest absolute Gasteiger partial charge is 0.413 e. The maximum Gasteiger partial charge on any atom is 0.413 e. The van der Waals surface area contributed by atoms with Gasteiger partial charge in [0.1, 0.15) is 23.7 Å². The highest BCUT2D eigenvalue weighted by molar-refractivity contribution is 5.87. The number of pyridine rings is 2. The predicted octanol–water partition coefficient (Wildman–Crippen LogP) is 5.19. The van der Waals surface area contributed by atoms with E-state index in [2.05, 4.69) is 10.3 Å². The van der Waals surface area contributed by atoms with Crippen LogP contribution in [0.25, 0.3) is 22.2 Å². The molecule has 1 aliphatic heterocycles. The van der Waals surface area contributed by atoms with Crippen LogP contribution in [0.4, 0.5) is 20.7 Å². The molecule has 2 aromatic heterocycles. The van der Waals surface area contributed by atoms with Crippen LogP contribution >= 0.6 is 0 Å². The standard InChI is InChI=1S/C23H25FN4O3.C2H6/c1-22(2,3)31-21(29)27-20-11-16(8-9-25-20)18-6-4-15-10-17(5-7-19(15)26-18)28-13-23(30,12-24)14-28;1-2/h4-11,30H,12-14H2,1-3H3,(H,25,27,29);1-2H3. The number of rotatable bonds is 4. The molecule has 0 atom stereocenters. The summed E-state index contributed by atoms with van der Waals surface area (Å²) in [5, 5.41) is 13.5. The maximum atomic E-state index is 12.8. The van der Waals surface area contributed by atoms with Gasteiger partial charge in [0.25, 0.3) is 0 Å². The number of hydrogen-bond donors (Lipinski definition) is 2. The maximum absolute atomic E-state index is 12.8. The average molecular weight is 455 g/mol. The van der Waals surface area contributed by atoms with E-state index in [0.717, 1.165) is 27.8 Å². The molecule has 1 fully saturated rings. The molecule has 1 saturated heterocycles. The number of halogens is 1. The van der Waals surface area contributed by atoms with Crippen molar-refractivity contribution in [3.63, 3.8) is 0 Å². The van der Waals surface area contributed by atoms with Crippen molar-refractivity contribution in [1.82, 2.24) is 9.97 Å². The molecule has 8 heteroatoms. The highest BCUT2D eigenvalue weighted by Crippen LogP contribution is 2.31. The lowest BCUT2D eigenvalue weighted by Gasteiger charge is -2.46. The van der Waals surface area contributed by atoms with Gasteiger partial charge in [-0.1, -0.05) is 19.9 Å². The van der Waals surface area contributed by atoms with E-state index in [1.54, 1.807) is 33.0 Å². The molecule has 0 unspecified atom stereocenters. The first-order valence-electron chi connectivity index (χ1n) is 11.0. The second-order valence-electron chi connectivity index (χ2n) is 8.84. The van der Waals surface area contributed by atoms with Crippen LogP contribution in [0.5, 0.6) is 0 Å². The second-order valence-corrected chi connectivity index (χ2v) is 8.84. The van der Waals surface area contributed by atoms with Gasteiger partial charge in [0.05, 0.1) is 24.3 Å². The van der Waals surface area contributed by atoms with E-state index in [-0.39, 0.29) is 13.1 Å². The molecule has 1 aliphatic rings. The summed E-state index contributed by atoms with van der Waals surface area (Å²) in [7, 11) is 0. The van der Waals surface area contributed by atoms with Gasteiger partial charge in [-0.3, -0.25) is 5.32 Å². The Bertz CT molecular complexity index is 1120. The summed E-state index contributed by atoms with van der Waals surface area (Å²) in [6, 6.07) is 13.2. The Balaban J connectivity index is 0.00000149. The number of nitrogens with one attached hydrogen (secondary N) is 1. The quantitative estimate of drug-likeness (QED) is 0.564. The van der Waals surface area contributed by atoms with Crippen LogP contribution < -0.4 is 10.2 Å². The van der Waals surface area contributed by atoms with Crippen molar-refractivity contribution in [2.24, 2.45) is 0 Å². The van der Waals surface area contributed by atoms with Crippen LogP contribution in [0.3, 0.4) is 0 Å². The first-order valence-corrected chi connectivity index (χ1v) is 11.0. The number of β-amino-alcohol motifs (C(OH)–C–C–N with tert-alkyl or cyclic N) is 1. The number of carbonyl (C=O) groups is 1. The highest BCUT2D eigenvalue weighted by atomic mass is 19.1. The number of aliphatic hydroxyl groups is 1. The molecule has 0 bridgehead atoms. The molecule has 1 aromatic carbocycles. The summed E-state index contributed by atoms with van der Waals surface area (Å²) in [4.78, 5) is 22.8. The molecule has 3 heterocycles. The number of aromatic nitrogens is 2. The molecule has 0 saturated carbocycles. The van der Waals surface area contributed by atoms with Crippen LogP contribution in [0.15, 0.2) is 48.7 Å². The van der Waals surface area contributed by atoms with Gasteiger partial charge in [0.2, 0.25) is 0 Å². The highest BCUT2D eigenvalue weighted by Gasteiger charge is 2.41. The molecule has 176 valence electrons. The summed E-state index contributed by atoms with van der Waals surface area (Å²) in [6.45, 7) is 9.22. The summed E-state index contributed by atoms with van der Waals surface area (Å²) in [5.74, 6) is 0.377. The van der Waals surface area contributed by atoms with Gasteiger partial charge < -0.3 is 14.7 Å². The first kappa shape index (κ1) is 24.4. The monoisotopic (exact) mass is 454 g/mol. The van der Waals surface area contributed by atoms with E-state index >= 15 is 0 Å². The normalized spacial score (nSPS) is 14.7. The number of alkyl halides is 1. The number of amides is 1. The SMILES string of the molecule is CC.CC(C)(C)OC(=O)Nc1cc(-c2ccc3cc(N4CC(O)(CF)C4)ccc3n2)ccn1. The van der Waals surface area contributed by atoms with E-state index in [1.807, 2.05) is 55.1 Å². The fourth-order valence-corrected chi connectivity index (χ4v) is 3.47. The fourth-order valence-electron chi connectivity index (χ4n) is 3.47. The summed E-state index contributed by atoms with van der Waals surface area (Å²) >= 11 is 0. The van der Waals surface area contributed by atoms with Crippen molar-refractivity contribution in [1.29, 1.82) is 0 Å². The van der Waals surface area contributed by atoms with E-state index < -0.39 is 24.0 Å². The zero-order chi connectivity index (χ0) is 24.2. The lowest BCUT2D eigenvalue weighted by atomic mass is 9.95. The molecule has 1 amide bonds. The Hall–Kier alpha value is -3.26. The largest absolute Gasteiger partial charge is 0.444 e. The van der Waals surface area contributed by atoms with Gasteiger partial charge >= 0.3 is 6.09 Å². The molecule has 3 aromatic rings. The lowest BCUT2D eigenvalue weighted by molar-refractivity contribution is -0.00981. The van der Waals surface area contributed by atoms with E-state index in [9.17, 15) is 14.3 Å². The van der Waals surface area contributed by atoms with Crippen molar-refractivity contribution < 1.29 is 19.0 Å². The fraction of sp³-hybridized carbons (Fsp3) is 0.400. The third kappa shape index (κ3) is 5.96. The number of ether oxygens (including phenoxy) is 1. The molecule has 0 aliphatic carbocycles. The van der Waals surface area contributed by atoms with Crippen molar-refractivity contribution in [2.75, 3.05) is 30.0 Å². The van der Waals surface area contributed by atoms with Gasteiger partial charge in [-0.15, -0.1) is 0 Å². The van der Waals surface area contributed by atoms with Crippen LogP contribution in [-0.4, -0.2) is 52.1 Å². The van der Waals surface area contributed by atoms with Crippen molar-refractivity contribution in [3.05, 3.63) is 48.7 Å². The molecule has 0 spiro atoms. The number of fused-ring (bicyclic) bond motifs is 1. The Morgan fingerprint density at radius 3 is 2.58 bits per heavy atom. The minimum Gasteiger partial charge on any atom is -0.444 e. The van der Waals surface area contributed by atoms with Gasteiger partial charge in [0, 0.05) is 22.8 Å². The predicted molar refractivity (Wildman–Crippen MR) is 129 cm³/mol. The second kappa shape index (κ2) is 9.70. The van der Waals surface area contributed by atoms with Gasteiger partial charge in [-0.05, 0) is 57.2 Å². The van der Waals surface area contributed by atoms with Crippen molar-refractivity contribution >= 4 is 28.5 Å². The van der Waals surface area contributed by atoms with Gasteiger partial charge in [-0.2, -0.15) is 0 Å². The minimum atomic E-state index is -1.23. The van der Waals surface area contributed by atoms with Crippen LogP contribution in [0.1, 0.15) is 34.6 Å². The lowest BCUT2D eigenvalue weighted by Crippen LogP contribution is -2.63. The minimum absolute atomic E-state index is 0.283. The number of anilines is 2. The Morgan fingerprint density at radius 2 is 1.91 bits per heavy atom. The topological polar surface area (TPSA) is 87.6 Å². The van der Waals surface area contributed by atoms with Crippen molar-refractivity contribution in [2.45, 2.75) is 45.8 Å². The number of hydrogen-bond acceptors (Lipinski definition) is 6.